The quantitative estimate of drug-likeness (QED) is 0.585. The number of aliphatic carboxylic acids is 1. The van der Waals surface area contributed by atoms with Crippen molar-refractivity contribution in [2.45, 2.75) is 48.8 Å². The van der Waals surface area contributed by atoms with Crippen LogP contribution in [0, 0.1) is 18.8 Å². The number of hydrogen-bond donors (Lipinski definition) is 2. The highest BCUT2D eigenvalue weighted by atomic mass is 35.5. The third-order valence-electron chi connectivity index (χ3n) is 7.03. The molecule has 3 aliphatic rings. The minimum atomic E-state index is -1.00. The number of nitrogens with zero attached hydrogens (tertiary/aromatic N) is 2. The number of carbonyl (C=O) groups is 3. The summed E-state index contributed by atoms with van der Waals surface area (Å²) in [5, 5.41) is 20.0. The average molecular weight is 479 g/mol. The lowest BCUT2D eigenvalue weighted by atomic mass is 9.71. The number of aliphatic hydroxyl groups is 1. The van der Waals surface area contributed by atoms with Gasteiger partial charge in [-0.1, -0.05) is 29.8 Å². The lowest BCUT2D eigenvalue weighted by molar-refractivity contribution is -0.149. The van der Waals surface area contributed by atoms with E-state index in [1.165, 1.54) is 16.7 Å². The van der Waals surface area contributed by atoms with Gasteiger partial charge < -0.3 is 20.0 Å². The summed E-state index contributed by atoms with van der Waals surface area (Å²) in [6.07, 6.45) is 2.83. The van der Waals surface area contributed by atoms with Gasteiger partial charge in [0.25, 0.3) is 5.91 Å². The summed E-state index contributed by atoms with van der Waals surface area (Å²) in [7, 11) is 0. The highest BCUT2D eigenvalue weighted by Crippen LogP contribution is 2.66. The lowest BCUT2D eigenvalue weighted by Gasteiger charge is -2.39. The molecule has 0 aromatic heterocycles. The number of halogens is 1. The Morgan fingerprint density at radius 2 is 2.19 bits per heavy atom. The predicted molar refractivity (Wildman–Crippen MR) is 124 cm³/mol. The largest absolute Gasteiger partial charge is 0.481 e. The van der Waals surface area contributed by atoms with E-state index in [4.69, 9.17) is 11.6 Å². The molecule has 6 atom stereocenters. The van der Waals surface area contributed by atoms with Gasteiger partial charge >= 0.3 is 5.97 Å². The highest BCUT2D eigenvalue weighted by Gasteiger charge is 2.74. The van der Waals surface area contributed by atoms with Crippen molar-refractivity contribution >= 4 is 46.8 Å². The minimum absolute atomic E-state index is 0.187. The Morgan fingerprint density at radius 3 is 2.78 bits per heavy atom. The van der Waals surface area contributed by atoms with E-state index in [0.29, 0.717) is 23.6 Å². The lowest BCUT2D eigenvalue weighted by Crippen LogP contribution is -2.57. The van der Waals surface area contributed by atoms with Crippen molar-refractivity contribution in [1.82, 2.24) is 4.90 Å². The SMILES string of the molecule is C=CCN(C(=O)C1N([C@H](C)CO)C(=O)[C@@H]2[C@H](C(=O)O)[C@@H]3CCC12S3)c1c(C)cccc1Cl. The second kappa shape index (κ2) is 8.39. The van der Waals surface area contributed by atoms with Crippen molar-refractivity contribution in [3.05, 3.63) is 41.4 Å². The number of amides is 2. The van der Waals surface area contributed by atoms with Crippen LogP contribution < -0.4 is 4.90 Å². The number of anilines is 1. The van der Waals surface area contributed by atoms with Gasteiger partial charge in [0.2, 0.25) is 5.91 Å². The van der Waals surface area contributed by atoms with Crippen molar-refractivity contribution in [2.75, 3.05) is 18.1 Å². The molecule has 2 amide bonds. The number of rotatable bonds is 7. The molecule has 3 fully saturated rings. The number of para-hydroxylation sites is 1. The van der Waals surface area contributed by atoms with Gasteiger partial charge in [0.1, 0.15) is 6.04 Å². The second-order valence-corrected chi connectivity index (χ2v) is 10.8. The molecule has 3 saturated heterocycles. The smallest absolute Gasteiger partial charge is 0.308 e. The summed E-state index contributed by atoms with van der Waals surface area (Å²) in [4.78, 5) is 42.8. The molecule has 4 rings (SSSR count). The number of thioether (sulfide) groups is 1. The summed E-state index contributed by atoms with van der Waals surface area (Å²) < 4.78 is -0.833. The molecule has 172 valence electrons. The van der Waals surface area contributed by atoms with Crippen LogP contribution in [0.25, 0.3) is 0 Å². The predicted octanol–water partition coefficient (Wildman–Crippen LogP) is 2.72. The van der Waals surface area contributed by atoms with Gasteiger partial charge in [-0.25, -0.2) is 0 Å². The fraction of sp³-hybridized carbons (Fsp3) is 0.522. The number of carboxylic acid groups (broad SMARTS) is 1. The third kappa shape index (κ3) is 3.18. The maximum Gasteiger partial charge on any atom is 0.308 e. The maximum absolute atomic E-state index is 14.2. The summed E-state index contributed by atoms with van der Waals surface area (Å²) in [6, 6.07) is 3.85. The van der Waals surface area contributed by atoms with Gasteiger partial charge in [0.15, 0.2) is 0 Å². The highest BCUT2D eigenvalue weighted by molar-refractivity contribution is 8.02. The Morgan fingerprint density at radius 1 is 1.47 bits per heavy atom. The monoisotopic (exact) mass is 478 g/mol. The van der Waals surface area contributed by atoms with Gasteiger partial charge in [-0.2, -0.15) is 0 Å². The van der Waals surface area contributed by atoms with Crippen LogP contribution in [0.1, 0.15) is 25.3 Å². The molecular weight excluding hydrogens is 452 g/mol. The summed E-state index contributed by atoms with van der Waals surface area (Å²) >= 11 is 7.95. The number of carbonyl (C=O) groups excluding carboxylic acids is 2. The number of benzene rings is 1. The van der Waals surface area contributed by atoms with Crippen LogP contribution in [0.2, 0.25) is 5.02 Å². The molecule has 0 aliphatic carbocycles. The second-order valence-electron chi connectivity index (χ2n) is 8.81. The van der Waals surface area contributed by atoms with Crippen molar-refractivity contribution in [3.8, 4) is 0 Å². The number of hydrogen-bond acceptors (Lipinski definition) is 5. The Bertz CT molecular complexity index is 967. The van der Waals surface area contributed by atoms with Crippen LogP contribution in [0.5, 0.6) is 0 Å². The van der Waals surface area contributed by atoms with Gasteiger partial charge in [-0.3, -0.25) is 14.4 Å². The first-order valence-corrected chi connectivity index (χ1v) is 12.0. The maximum atomic E-state index is 14.2. The molecule has 3 heterocycles. The van der Waals surface area contributed by atoms with Crippen LogP contribution in [-0.2, 0) is 14.4 Å². The minimum Gasteiger partial charge on any atom is -0.481 e. The standard InChI is InChI=1S/C23H27ClN2O5S/c1-4-10-25(18-12(2)6-5-7-14(18)24)21(29)19-23-9-8-15(32-23)16(22(30)31)17(23)20(28)26(19)13(3)11-27/h4-7,13,15-17,19,27H,1,8-11H2,2-3H3,(H,30,31)/t13-,15+,16-,17+,19?,23?/m1/s1. The molecule has 0 saturated carbocycles. The van der Waals surface area contributed by atoms with Crippen molar-refractivity contribution in [2.24, 2.45) is 11.8 Å². The molecule has 1 aromatic carbocycles. The normalized spacial score (nSPS) is 31.5. The Hall–Kier alpha value is -2.03. The molecule has 7 nitrogen and oxygen atoms in total. The first-order valence-electron chi connectivity index (χ1n) is 10.7. The van der Waals surface area contributed by atoms with E-state index < -0.39 is 34.6 Å². The summed E-state index contributed by atoms with van der Waals surface area (Å²) in [5.41, 5.74) is 1.36. The summed E-state index contributed by atoms with van der Waals surface area (Å²) in [5.74, 6) is -3.30. The molecule has 1 aromatic rings. The molecule has 1 spiro atoms. The van der Waals surface area contributed by atoms with E-state index in [0.717, 1.165) is 5.56 Å². The average Bonchev–Trinajstić information content (AvgIpc) is 3.39. The zero-order valence-electron chi connectivity index (χ0n) is 18.0. The van der Waals surface area contributed by atoms with E-state index in [1.807, 2.05) is 13.0 Å². The Labute approximate surface area is 196 Å². The zero-order valence-corrected chi connectivity index (χ0v) is 19.6. The van der Waals surface area contributed by atoms with Crippen LogP contribution in [0.3, 0.4) is 0 Å². The first-order chi connectivity index (χ1) is 15.2. The third-order valence-corrected chi connectivity index (χ3v) is 9.29. The zero-order chi connectivity index (χ0) is 23.4. The Kier molecular flexibility index (Phi) is 6.07. The van der Waals surface area contributed by atoms with E-state index in [9.17, 15) is 24.6 Å². The van der Waals surface area contributed by atoms with E-state index in [2.05, 4.69) is 6.58 Å². The number of aliphatic hydroxyl groups excluding tert-OH is 1. The van der Waals surface area contributed by atoms with Crippen LogP contribution >= 0.6 is 23.4 Å². The van der Waals surface area contributed by atoms with E-state index in [-0.39, 0.29) is 30.2 Å². The number of likely N-dealkylation sites (tertiary alicyclic amines) is 1. The van der Waals surface area contributed by atoms with E-state index >= 15 is 0 Å². The molecule has 3 aliphatic heterocycles. The van der Waals surface area contributed by atoms with Gasteiger partial charge in [-0.05, 0) is 38.3 Å². The van der Waals surface area contributed by atoms with Crippen molar-refractivity contribution < 1.29 is 24.6 Å². The van der Waals surface area contributed by atoms with E-state index in [1.54, 1.807) is 30.0 Å². The molecule has 2 bridgehead atoms. The topological polar surface area (TPSA) is 98.2 Å². The molecule has 2 N–H and O–H groups in total. The molecule has 2 unspecified atom stereocenters. The first kappa shape index (κ1) is 23.1. The van der Waals surface area contributed by atoms with Crippen LogP contribution in [0.15, 0.2) is 30.9 Å². The van der Waals surface area contributed by atoms with Crippen LogP contribution in [0.4, 0.5) is 5.69 Å². The number of fused-ring (bicyclic) bond motifs is 1. The van der Waals surface area contributed by atoms with Crippen molar-refractivity contribution in [1.29, 1.82) is 0 Å². The number of carboxylic acids is 1. The van der Waals surface area contributed by atoms with Gasteiger partial charge in [0, 0.05) is 11.8 Å². The molecular formula is C23H27ClN2O5S. The molecule has 32 heavy (non-hydrogen) atoms. The number of aryl methyl sites for hydroxylation is 1. The van der Waals surface area contributed by atoms with Gasteiger partial charge in [-0.15, -0.1) is 18.3 Å². The Balaban J connectivity index is 1.85. The van der Waals surface area contributed by atoms with Gasteiger partial charge in [0.05, 0.1) is 39.9 Å². The van der Waals surface area contributed by atoms with Crippen LogP contribution in [-0.4, -0.2) is 68.1 Å². The fourth-order valence-corrected chi connectivity index (χ4v) is 8.26. The molecule has 9 heteroatoms. The summed E-state index contributed by atoms with van der Waals surface area (Å²) in [6.45, 7) is 7.19. The van der Waals surface area contributed by atoms with Crippen molar-refractivity contribution in [3.63, 3.8) is 0 Å². The molecule has 0 radical (unpaired) electrons. The fourth-order valence-electron chi connectivity index (χ4n) is 5.75.